The molecule has 1 radical (unpaired) electrons. The van der Waals surface area contributed by atoms with Crippen molar-refractivity contribution in [3.8, 4) is 0 Å². The van der Waals surface area contributed by atoms with E-state index in [4.69, 9.17) is 0 Å². The lowest BCUT2D eigenvalue weighted by molar-refractivity contribution is 1.54. The zero-order valence-electron chi connectivity index (χ0n) is 8.62. The van der Waals surface area contributed by atoms with Gasteiger partial charge < -0.3 is 0 Å². The molecule has 0 aliphatic rings. The van der Waals surface area contributed by atoms with E-state index < -0.39 is 0 Å². The maximum atomic E-state index is 3.15. The molecule has 3 aromatic rings. The first-order chi connectivity index (χ1) is 7.36. The molecule has 0 aromatic heterocycles. The van der Waals surface area contributed by atoms with Gasteiger partial charge in [0.05, 0.1) is 0 Å². The van der Waals surface area contributed by atoms with Gasteiger partial charge in [0.2, 0.25) is 0 Å². The summed E-state index contributed by atoms with van der Waals surface area (Å²) in [5, 5.41) is 5.25. The molecule has 0 spiro atoms. The summed E-state index contributed by atoms with van der Waals surface area (Å²) in [7, 11) is 0. The van der Waals surface area contributed by atoms with Gasteiger partial charge in [-0.3, -0.25) is 0 Å². The number of hydrogen-bond acceptors (Lipinski definition) is 0. The van der Waals surface area contributed by atoms with Crippen molar-refractivity contribution < 1.29 is 0 Å². The first-order valence-electron chi connectivity index (χ1n) is 5.14. The Morgan fingerprint density at radius 3 is 2.73 bits per heavy atom. The normalized spacial score (nSPS) is 11.0. The Balaban J connectivity index is 2.64. The van der Waals surface area contributed by atoms with Crippen LogP contribution in [0.4, 0.5) is 0 Å². The molecule has 0 aliphatic carbocycles. The van der Waals surface area contributed by atoms with Gasteiger partial charge in [0, 0.05) is 0 Å². The van der Waals surface area contributed by atoms with Crippen molar-refractivity contribution in [2.75, 3.05) is 0 Å². The molecule has 0 amide bonds. The highest BCUT2D eigenvalue weighted by molar-refractivity contribution is 6.08. The summed E-state index contributed by atoms with van der Waals surface area (Å²) in [5.74, 6) is 0. The minimum Gasteiger partial charge on any atom is -0.0614 e. The van der Waals surface area contributed by atoms with Crippen molar-refractivity contribution in [3.63, 3.8) is 0 Å². The molecule has 0 aliphatic heterocycles. The molecule has 71 valence electrons. The molecule has 0 heteroatoms. The van der Waals surface area contributed by atoms with Gasteiger partial charge in [0.25, 0.3) is 0 Å². The second-order valence-electron chi connectivity index (χ2n) is 3.89. The van der Waals surface area contributed by atoms with Crippen LogP contribution in [-0.4, -0.2) is 0 Å². The molecule has 0 saturated heterocycles. The molecule has 0 heterocycles. The van der Waals surface area contributed by atoms with Crippen molar-refractivity contribution in [1.82, 2.24) is 0 Å². The number of fused-ring (bicyclic) bond motifs is 3. The van der Waals surface area contributed by atoms with E-state index in [1.165, 1.54) is 27.1 Å². The molecular formula is C15H11. The SMILES string of the molecule is Cc1cccc2ccc3cc[c]cc3c12. The lowest BCUT2D eigenvalue weighted by Gasteiger charge is -2.06. The Morgan fingerprint density at radius 2 is 1.80 bits per heavy atom. The Morgan fingerprint density at radius 1 is 0.933 bits per heavy atom. The predicted octanol–water partition coefficient (Wildman–Crippen LogP) is 4.10. The van der Waals surface area contributed by atoms with Crippen LogP contribution in [0.15, 0.2) is 48.5 Å². The molecule has 0 atom stereocenters. The summed E-state index contributed by atoms with van der Waals surface area (Å²) in [4.78, 5) is 0. The molecule has 0 fully saturated rings. The second kappa shape index (κ2) is 3.09. The quantitative estimate of drug-likeness (QED) is 0.469. The summed E-state index contributed by atoms with van der Waals surface area (Å²) in [6.07, 6.45) is 0. The van der Waals surface area contributed by atoms with Gasteiger partial charge in [-0.1, -0.05) is 42.5 Å². The molecular weight excluding hydrogens is 180 g/mol. The third-order valence-corrected chi connectivity index (χ3v) is 2.91. The van der Waals surface area contributed by atoms with Crippen LogP contribution in [0.2, 0.25) is 0 Å². The van der Waals surface area contributed by atoms with Gasteiger partial charge in [0.15, 0.2) is 0 Å². The fourth-order valence-corrected chi connectivity index (χ4v) is 2.18. The predicted molar refractivity (Wildman–Crippen MR) is 65.0 cm³/mol. The zero-order valence-corrected chi connectivity index (χ0v) is 8.62. The molecule has 0 unspecified atom stereocenters. The van der Waals surface area contributed by atoms with E-state index in [0.717, 1.165) is 0 Å². The van der Waals surface area contributed by atoms with Gasteiger partial charge in [-0.25, -0.2) is 0 Å². The van der Waals surface area contributed by atoms with Crippen molar-refractivity contribution in [1.29, 1.82) is 0 Å². The standard InChI is InChI=1S/C15H11/c1-11-5-4-7-13-10-9-12-6-2-3-8-14(12)15(11)13/h2,4-10H,1H3. The molecule has 0 nitrogen and oxygen atoms in total. The van der Waals surface area contributed by atoms with Gasteiger partial charge in [0.1, 0.15) is 0 Å². The number of hydrogen-bond donors (Lipinski definition) is 0. The highest BCUT2D eigenvalue weighted by Gasteiger charge is 2.01. The fourth-order valence-electron chi connectivity index (χ4n) is 2.18. The van der Waals surface area contributed by atoms with E-state index in [2.05, 4.69) is 55.5 Å². The second-order valence-corrected chi connectivity index (χ2v) is 3.89. The fraction of sp³-hybridized carbons (Fsp3) is 0.0667. The van der Waals surface area contributed by atoms with Crippen LogP contribution >= 0.6 is 0 Å². The van der Waals surface area contributed by atoms with E-state index in [9.17, 15) is 0 Å². The van der Waals surface area contributed by atoms with Crippen molar-refractivity contribution in [3.05, 3.63) is 60.2 Å². The first-order valence-corrected chi connectivity index (χ1v) is 5.14. The molecule has 0 N–H and O–H groups in total. The third-order valence-electron chi connectivity index (χ3n) is 2.91. The Bertz CT molecular complexity index is 636. The summed E-state index contributed by atoms with van der Waals surface area (Å²) in [5.41, 5.74) is 1.33. The van der Waals surface area contributed by atoms with Crippen LogP contribution < -0.4 is 0 Å². The zero-order chi connectivity index (χ0) is 10.3. The minimum atomic E-state index is 1.29. The topological polar surface area (TPSA) is 0 Å². The van der Waals surface area contributed by atoms with Crippen molar-refractivity contribution in [2.45, 2.75) is 6.92 Å². The maximum Gasteiger partial charge on any atom is -0.00759 e. The molecule has 3 rings (SSSR count). The Labute approximate surface area is 89.2 Å². The van der Waals surface area contributed by atoms with Gasteiger partial charge in [-0.2, -0.15) is 0 Å². The van der Waals surface area contributed by atoms with E-state index >= 15 is 0 Å². The van der Waals surface area contributed by atoms with E-state index in [1.54, 1.807) is 0 Å². The molecule has 0 bridgehead atoms. The first kappa shape index (κ1) is 8.49. The van der Waals surface area contributed by atoms with Crippen LogP contribution in [0.3, 0.4) is 0 Å². The number of rotatable bonds is 0. The lowest BCUT2D eigenvalue weighted by atomic mass is 9.99. The summed E-state index contributed by atoms with van der Waals surface area (Å²) in [6, 6.07) is 20.1. The summed E-state index contributed by atoms with van der Waals surface area (Å²) < 4.78 is 0. The van der Waals surface area contributed by atoms with E-state index in [1.807, 2.05) is 6.07 Å². The van der Waals surface area contributed by atoms with Gasteiger partial charge in [-0.15, -0.1) is 0 Å². The van der Waals surface area contributed by atoms with Crippen LogP contribution in [0.25, 0.3) is 21.5 Å². The van der Waals surface area contributed by atoms with E-state index in [0.29, 0.717) is 0 Å². The smallest absolute Gasteiger partial charge is 0.00759 e. The minimum absolute atomic E-state index is 1.29. The van der Waals surface area contributed by atoms with Crippen LogP contribution in [-0.2, 0) is 0 Å². The lowest BCUT2D eigenvalue weighted by Crippen LogP contribution is -1.80. The van der Waals surface area contributed by atoms with Crippen molar-refractivity contribution in [2.24, 2.45) is 0 Å². The van der Waals surface area contributed by atoms with Gasteiger partial charge >= 0.3 is 0 Å². The maximum absolute atomic E-state index is 3.15. The summed E-state index contributed by atoms with van der Waals surface area (Å²) >= 11 is 0. The number of aryl methyl sites for hydroxylation is 1. The van der Waals surface area contributed by atoms with Crippen molar-refractivity contribution >= 4 is 21.5 Å². The molecule has 0 saturated carbocycles. The highest BCUT2D eigenvalue weighted by atomic mass is 14.0. The average Bonchev–Trinajstić information content (AvgIpc) is 2.29. The molecule has 15 heavy (non-hydrogen) atoms. The van der Waals surface area contributed by atoms with Crippen LogP contribution in [0.5, 0.6) is 0 Å². The van der Waals surface area contributed by atoms with E-state index in [-0.39, 0.29) is 0 Å². The van der Waals surface area contributed by atoms with Crippen LogP contribution in [0, 0.1) is 13.0 Å². The number of benzene rings is 3. The summed E-state index contributed by atoms with van der Waals surface area (Å²) in [6.45, 7) is 2.16. The monoisotopic (exact) mass is 191 g/mol. The molecule has 3 aromatic carbocycles. The Hall–Kier alpha value is -1.82. The average molecular weight is 191 g/mol. The highest BCUT2D eigenvalue weighted by Crippen LogP contribution is 2.27. The third kappa shape index (κ3) is 1.22. The Kier molecular flexibility index (Phi) is 1.75. The van der Waals surface area contributed by atoms with Gasteiger partial charge in [-0.05, 0) is 46.2 Å². The van der Waals surface area contributed by atoms with Crippen LogP contribution in [0.1, 0.15) is 5.56 Å². The largest absolute Gasteiger partial charge is 0.0614 e.